The third-order valence-corrected chi connectivity index (χ3v) is 4.73. The van der Waals surface area contributed by atoms with Crippen molar-refractivity contribution >= 4 is 29.0 Å². The molecule has 1 aromatic heterocycles. The van der Waals surface area contributed by atoms with E-state index in [2.05, 4.69) is 22.0 Å². The van der Waals surface area contributed by atoms with Crippen molar-refractivity contribution in [1.82, 2.24) is 9.88 Å². The minimum Gasteiger partial charge on any atom is -0.464 e. The highest BCUT2D eigenvalue weighted by atomic mass is 32.1. The molecule has 0 atom stereocenters. The molecule has 7 heteroatoms. The Balaban J connectivity index is 2.06. The second-order valence-electron chi connectivity index (χ2n) is 6.04. The van der Waals surface area contributed by atoms with Crippen molar-refractivity contribution in [2.75, 3.05) is 19.0 Å². The molecule has 0 aliphatic carbocycles. The normalized spacial score (nSPS) is 10.4. The van der Waals surface area contributed by atoms with Gasteiger partial charge in [-0.1, -0.05) is 37.5 Å². The van der Waals surface area contributed by atoms with Gasteiger partial charge in [0, 0.05) is 17.6 Å². The minimum absolute atomic E-state index is 0.167. The quantitative estimate of drug-likeness (QED) is 0.546. The van der Waals surface area contributed by atoms with Gasteiger partial charge in [-0.2, -0.15) is 0 Å². The summed E-state index contributed by atoms with van der Waals surface area (Å²) in [5, 5.41) is 5.29. The smallest absolute Gasteiger partial charge is 0.357 e. The molecule has 1 heterocycles. The molecule has 2 aromatic rings. The number of methoxy groups -OCH3 is 1. The fourth-order valence-corrected chi connectivity index (χ4v) is 3.17. The van der Waals surface area contributed by atoms with Crippen LogP contribution in [0.3, 0.4) is 0 Å². The molecule has 6 nitrogen and oxygen atoms in total. The minimum atomic E-state index is -0.464. The summed E-state index contributed by atoms with van der Waals surface area (Å²) in [5.41, 5.74) is 2.18. The first-order valence-corrected chi connectivity index (χ1v) is 9.56. The Labute approximate surface area is 158 Å². The number of benzene rings is 1. The summed E-state index contributed by atoms with van der Waals surface area (Å²) in [4.78, 5) is 30.3. The molecule has 2 rings (SSSR count). The number of hydrogen-bond donors (Lipinski definition) is 1. The molecule has 0 aliphatic rings. The molecule has 0 radical (unpaired) electrons. The number of carbonyl (C=O) groups is 2. The Kier molecular flexibility index (Phi) is 7.59. The summed E-state index contributed by atoms with van der Waals surface area (Å²) in [6.45, 7) is 5.13. The zero-order valence-electron chi connectivity index (χ0n) is 15.4. The molecule has 0 fully saturated rings. The van der Waals surface area contributed by atoms with Crippen molar-refractivity contribution < 1.29 is 14.3 Å². The van der Waals surface area contributed by atoms with E-state index in [-0.39, 0.29) is 11.7 Å². The van der Waals surface area contributed by atoms with Crippen LogP contribution in [0, 0.1) is 6.92 Å². The van der Waals surface area contributed by atoms with Crippen LogP contribution in [0.25, 0.3) is 0 Å². The zero-order valence-corrected chi connectivity index (χ0v) is 16.3. The highest BCUT2D eigenvalue weighted by Crippen LogP contribution is 2.16. The SMILES string of the molecule is CCCCCN(Cc1nc(C(=O)OC)cs1)C(=O)Nc1ccc(C)cc1. The molecule has 1 aromatic carbocycles. The van der Waals surface area contributed by atoms with Gasteiger partial charge < -0.3 is 15.0 Å². The first-order chi connectivity index (χ1) is 12.5. The number of aromatic nitrogens is 1. The predicted octanol–water partition coefficient (Wildman–Crippen LogP) is 4.46. The van der Waals surface area contributed by atoms with Gasteiger partial charge in [0.2, 0.25) is 0 Å². The summed E-state index contributed by atoms with van der Waals surface area (Å²) in [7, 11) is 1.33. The molecule has 0 saturated carbocycles. The first kappa shape index (κ1) is 19.9. The van der Waals surface area contributed by atoms with Gasteiger partial charge in [0.1, 0.15) is 5.01 Å². The Bertz CT molecular complexity index is 728. The summed E-state index contributed by atoms with van der Waals surface area (Å²) in [6.07, 6.45) is 3.06. The van der Waals surface area contributed by atoms with Gasteiger partial charge in [0.25, 0.3) is 0 Å². The van der Waals surface area contributed by atoms with Crippen molar-refractivity contribution in [3.8, 4) is 0 Å². The van der Waals surface area contributed by atoms with Crippen LogP contribution < -0.4 is 5.32 Å². The largest absolute Gasteiger partial charge is 0.464 e. The molecule has 0 bridgehead atoms. The number of rotatable bonds is 8. The van der Waals surface area contributed by atoms with Gasteiger partial charge in [-0.3, -0.25) is 0 Å². The van der Waals surface area contributed by atoms with Gasteiger partial charge in [-0.05, 0) is 25.5 Å². The number of hydrogen-bond acceptors (Lipinski definition) is 5. The van der Waals surface area contributed by atoms with E-state index in [1.165, 1.54) is 18.4 Å². The maximum Gasteiger partial charge on any atom is 0.357 e. The third-order valence-electron chi connectivity index (χ3n) is 3.89. The zero-order chi connectivity index (χ0) is 18.9. The fraction of sp³-hybridized carbons (Fsp3) is 0.421. The monoisotopic (exact) mass is 375 g/mol. The Morgan fingerprint density at radius 1 is 1.23 bits per heavy atom. The Hall–Kier alpha value is -2.41. The standard InChI is InChI=1S/C19H25N3O3S/c1-4-5-6-11-22(12-17-21-16(13-26-17)18(23)25-3)19(24)20-15-9-7-14(2)8-10-15/h7-10,13H,4-6,11-12H2,1-3H3,(H,20,24). The fourth-order valence-electron chi connectivity index (χ4n) is 2.39. The molecule has 26 heavy (non-hydrogen) atoms. The molecular weight excluding hydrogens is 350 g/mol. The average Bonchev–Trinajstić information content (AvgIpc) is 3.11. The number of thiazole rings is 1. The summed E-state index contributed by atoms with van der Waals surface area (Å²) >= 11 is 1.35. The number of nitrogens with one attached hydrogen (secondary N) is 1. The highest BCUT2D eigenvalue weighted by Gasteiger charge is 2.17. The number of amides is 2. The summed E-state index contributed by atoms with van der Waals surface area (Å²) < 4.78 is 4.68. The molecular formula is C19H25N3O3S. The number of aryl methyl sites for hydroxylation is 1. The maximum atomic E-state index is 12.7. The van der Waals surface area contributed by atoms with Gasteiger partial charge in [-0.15, -0.1) is 11.3 Å². The van der Waals surface area contributed by atoms with E-state index in [1.807, 2.05) is 31.2 Å². The molecule has 0 unspecified atom stereocenters. The lowest BCUT2D eigenvalue weighted by Gasteiger charge is -2.22. The van der Waals surface area contributed by atoms with Crippen LogP contribution in [0.4, 0.5) is 10.5 Å². The van der Waals surface area contributed by atoms with E-state index < -0.39 is 5.97 Å². The van der Waals surface area contributed by atoms with E-state index in [1.54, 1.807) is 10.3 Å². The first-order valence-electron chi connectivity index (χ1n) is 8.68. The predicted molar refractivity (Wildman–Crippen MR) is 104 cm³/mol. The van der Waals surface area contributed by atoms with Crippen LogP contribution in [0.15, 0.2) is 29.6 Å². The number of carbonyl (C=O) groups excluding carboxylic acids is 2. The lowest BCUT2D eigenvalue weighted by atomic mass is 10.2. The number of nitrogens with zero attached hydrogens (tertiary/aromatic N) is 2. The molecule has 1 N–H and O–H groups in total. The number of unbranched alkanes of at least 4 members (excludes halogenated alkanes) is 2. The van der Waals surface area contributed by atoms with E-state index in [0.717, 1.165) is 30.5 Å². The van der Waals surface area contributed by atoms with Gasteiger partial charge in [0.05, 0.1) is 13.7 Å². The van der Waals surface area contributed by atoms with Crippen LogP contribution in [0.2, 0.25) is 0 Å². The van der Waals surface area contributed by atoms with Gasteiger partial charge >= 0.3 is 12.0 Å². The molecule has 140 valence electrons. The van der Waals surface area contributed by atoms with Crippen molar-refractivity contribution in [2.45, 2.75) is 39.7 Å². The second-order valence-corrected chi connectivity index (χ2v) is 6.99. The Morgan fingerprint density at radius 2 is 1.96 bits per heavy atom. The van der Waals surface area contributed by atoms with Gasteiger partial charge in [0.15, 0.2) is 5.69 Å². The van der Waals surface area contributed by atoms with Crippen LogP contribution in [0.1, 0.15) is 47.2 Å². The molecule has 0 saturated heterocycles. The van der Waals surface area contributed by atoms with Crippen LogP contribution in [0.5, 0.6) is 0 Å². The number of esters is 1. The van der Waals surface area contributed by atoms with E-state index in [0.29, 0.717) is 18.1 Å². The van der Waals surface area contributed by atoms with Gasteiger partial charge in [-0.25, -0.2) is 14.6 Å². The number of anilines is 1. The number of urea groups is 1. The maximum absolute atomic E-state index is 12.7. The Morgan fingerprint density at radius 3 is 2.62 bits per heavy atom. The molecule has 0 spiro atoms. The van der Waals surface area contributed by atoms with Crippen LogP contribution >= 0.6 is 11.3 Å². The molecule has 0 aliphatic heterocycles. The van der Waals surface area contributed by atoms with Crippen molar-refractivity contribution in [1.29, 1.82) is 0 Å². The van der Waals surface area contributed by atoms with Crippen molar-refractivity contribution in [3.05, 3.63) is 45.9 Å². The molecule has 2 amide bonds. The number of ether oxygens (including phenoxy) is 1. The van der Waals surface area contributed by atoms with Crippen LogP contribution in [-0.4, -0.2) is 35.5 Å². The lowest BCUT2D eigenvalue weighted by Crippen LogP contribution is -2.35. The summed E-state index contributed by atoms with van der Waals surface area (Å²) in [6, 6.07) is 7.52. The van der Waals surface area contributed by atoms with E-state index in [9.17, 15) is 9.59 Å². The van der Waals surface area contributed by atoms with Crippen molar-refractivity contribution in [2.24, 2.45) is 0 Å². The van der Waals surface area contributed by atoms with Crippen LogP contribution in [-0.2, 0) is 11.3 Å². The summed E-state index contributed by atoms with van der Waals surface area (Å²) in [5.74, 6) is -0.464. The lowest BCUT2D eigenvalue weighted by molar-refractivity contribution is 0.0594. The average molecular weight is 375 g/mol. The van der Waals surface area contributed by atoms with E-state index in [4.69, 9.17) is 0 Å². The third kappa shape index (κ3) is 5.84. The van der Waals surface area contributed by atoms with Crippen molar-refractivity contribution in [3.63, 3.8) is 0 Å². The highest BCUT2D eigenvalue weighted by molar-refractivity contribution is 7.09. The second kappa shape index (κ2) is 9.91. The topological polar surface area (TPSA) is 71.5 Å². The van der Waals surface area contributed by atoms with E-state index >= 15 is 0 Å².